The minimum Gasteiger partial charge on any atom is -0.481 e. The van der Waals surface area contributed by atoms with Gasteiger partial charge in [-0.3, -0.25) is 9.59 Å². The van der Waals surface area contributed by atoms with Crippen LogP contribution in [0.1, 0.15) is 26.2 Å². The van der Waals surface area contributed by atoms with E-state index < -0.39 is 30.0 Å². The number of ether oxygens (including phenoxy) is 1. The maximum Gasteiger partial charge on any atom is 0.326 e. The van der Waals surface area contributed by atoms with Gasteiger partial charge in [0.15, 0.2) is 0 Å². The molecule has 9 nitrogen and oxygen atoms in total. The van der Waals surface area contributed by atoms with Crippen molar-refractivity contribution >= 4 is 23.9 Å². The van der Waals surface area contributed by atoms with Crippen molar-refractivity contribution in [2.45, 2.75) is 32.2 Å². The third-order valence-electron chi connectivity index (χ3n) is 2.70. The molecule has 0 heterocycles. The highest BCUT2D eigenvalue weighted by Crippen LogP contribution is 2.03. The number of amides is 2. The summed E-state index contributed by atoms with van der Waals surface area (Å²) < 4.78 is 4.43. The van der Waals surface area contributed by atoms with Gasteiger partial charge in [0.2, 0.25) is 0 Å². The maximum absolute atomic E-state index is 11.9. The van der Waals surface area contributed by atoms with E-state index in [0.29, 0.717) is 0 Å². The van der Waals surface area contributed by atoms with Crippen LogP contribution in [0.5, 0.6) is 0 Å². The number of nitrogens with one attached hydrogen (secondary N) is 1. The fourth-order valence-corrected chi connectivity index (χ4v) is 1.50. The molecule has 0 fully saturated rings. The first-order valence-corrected chi connectivity index (χ1v) is 6.38. The molecule has 0 saturated carbocycles. The Morgan fingerprint density at radius 2 is 1.86 bits per heavy atom. The number of carbonyl (C=O) groups is 4. The van der Waals surface area contributed by atoms with Crippen molar-refractivity contribution < 1.29 is 34.1 Å². The number of carbonyl (C=O) groups excluding carboxylic acids is 2. The number of nitrogens with zero attached hydrogens (tertiary/aromatic N) is 1. The number of esters is 1. The fraction of sp³-hybridized carbons (Fsp3) is 0.667. The zero-order valence-corrected chi connectivity index (χ0v) is 12.0. The number of rotatable bonds is 9. The molecular weight excluding hydrogens is 284 g/mol. The summed E-state index contributed by atoms with van der Waals surface area (Å²) in [6.07, 6.45) is -0.0713. The first-order valence-electron chi connectivity index (χ1n) is 6.38. The third kappa shape index (κ3) is 7.75. The van der Waals surface area contributed by atoms with Crippen LogP contribution < -0.4 is 5.32 Å². The predicted octanol–water partition coefficient (Wildman–Crippen LogP) is -0.101. The normalized spacial score (nSPS) is 11.3. The minimum absolute atomic E-state index is 0.0108. The molecule has 0 aliphatic heterocycles. The van der Waals surface area contributed by atoms with Gasteiger partial charge in [0.1, 0.15) is 12.6 Å². The number of carboxylic acids is 2. The van der Waals surface area contributed by atoms with Crippen LogP contribution in [-0.2, 0) is 19.1 Å². The molecule has 9 heteroatoms. The first kappa shape index (κ1) is 18.7. The topological polar surface area (TPSA) is 133 Å². The molecule has 0 spiro atoms. The van der Waals surface area contributed by atoms with Crippen molar-refractivity contribution in [3.63, 3.8) is 0 Å². The number of hydrogen-bond donors (Lipinski definition) is 3. The van der Waals surface area contributed by atoms with Crippen molar-refractivity contribution in [3.8, 4) is 0 Å². The SMILES string of the molecule is CCN(CC(=O)OC)C(=O)N[C@H](CCCC(=O)O)C(=O)O. The van der Waals surface area contributed by atoms with Crippen LogP contribution in [0.15, 0.2) is 0 Å². The van der Waals surface area contributed by atoms with Crippen molar-refractivity contribution in [1.82, 2.24) is 10.2 Å². The molecule has 0 aromatic heterocycles. The number of likely N-dealkylation sites (N-methyl/N-ethyl adjacent to an activating group) is 1. The van der Waals surface area contributed by atoms with E-state index in [1.165, 1.54) is 7.11 Å². The predicted molar refractivity (Wildman–Crippen MR) is 70.7 cm³/mol. The molecule has 0 aromatic rings. The van der Waals surface area contributed by atoms with Crippen LogP contribution in [0.3, 0.4) is 0 Å². The number of hydrogen-bond acceptors (Lipinski definition) is 5. The Labute approximate surface area is 121 Å². The van der Waals surface area contributed by atoms with Gasteiger partial charge in [-0.25, -0.2) is 9.59 Å². The Hall–Kier alpha value is -2.32. The van der Waals surface area contributed by atoms with E-state index in [9.17, 15) is 19.2 Å². The summed E-state index contributed by atoms with van der Waals surface area (Å²) in [6.45, 7) is 1.53. The average Bonchev–Trinajstić information content (AvgIpc) is 2.42. The van der Waals surface area contributed by atoms with Gasteiger partial charge in [-0.05, 0) is 19.8 Å². The molecule has 0 unspecified atom stereocenters. The van der Waals surface area contributed by atoms with Gasteiger partial charge in [0.25, 0.3) is 0 Å². The molecule has 21 heavy (non-hydrogen) atoms. The summed E-state index contributed by atoms with van der Waals surface area (Å²) in [5, 5.41) is 19.8. The van der Waals surface area contributed by atoms with E-state index in [1.807, 2.05) is 0 Å². The lowest BCUT2D eigenvalue weighted by atomic mass is 10.1. The fourth-order valence-electron chi connectivity index (χ4n) is 1.50. The van der Waals surface area contributed by atoms with Gasteiger partial charge in [0.05, 0.1) is 7.11 Å². The average molecular weight is 304 g/mol. The number of aliphatic carboxylic acids is 2. The highest BCUT2D eigenvalue weighted by atomic mass is 16.5. The second-order valence-electron chi connectivity index (χ2n) is 4.22. The summed E-state index contributed by atoms with van der Waals surface area (Å²) in [5.41, 5.74) is 0. The summed E-state index contributed by atoms with van der Waals surface area (Å²) in [4.78, 5) is 45.5. The van der Waals surface area contributed by atoms with Crippen LogP contribution in [-0.4, -0.2) is 65.3 Å². The van der Waals surface area contributed by atoms with Crippen LogP contribution in [0, 0.1) is 0 Å². The van der Waals surface area contributed by atoms with Crippen LogP contribution >= 0.6 is 0 Å². The van der Waals surface area contributed by atoms with Gasteiger partial charge in [-0.2, -0.15) is 0 Å². The number of carboxylic acid groups (broad SMARTS) is 2. The van der Waals surface area contributed by atoms with E-state index in [1.54, 1.807) is 6.92 Å². The lowest BCUT2D eigenvalue weighted by Crippen LogP contribution is -2.49. The van der Waals surface area contributed by atoms with E-state index in [4.69, 9.17) is 10.2 Å². The summed E-state index contributed by atoms with van der Waals surface area (Å²) in [5.74, 6) is -2.92. The van der Waals surface area contributed by atoms with E-state index in [2.05, 4.69) is 10.1 Å². The quantitative estimate of drug-likeness (QED) is 0.506. The molecule has 0 aromatic carbocycles. The Morgan fingerprint density at radius 1 is 1.24 bits per heavy atom. The van der Waals surface area contributed by atoms with Gasteiger partial charge < -0.3 is 25.2 Å². The Bertz CT molecular complexity index is 397. The van der Waals surface area contributed by atoms with Crippen LogP contribution in [0.25, 0.3) is 0 Å². The first-order chi connectivity index (χ1) is 9.81. The van der Waals surface area contributed by atoms with Gasteiger partial charge in [-0.1, -0.05) is 0 Å². The lowest BCUT2D eigenvalue weighted by Gasteiger charge is -2.22. The van der Waals surface area contributed by atoms with Gasteiger partial charge >= 0.3 is 23.9 Å². The molecule has 0 radical (unpaired) electrons. The molecule has 0 rings (SSSR count). The molecule has 0 aliphatic rings. The number of urea groups is 1. The molecule has 2 amide bonds. The highest BCUT2D eigenvalue weighted by molar-refractivity contribution is 5.85. The zero-order valence-electron chi connectivity index (χ0n) is 12.0. The molecule has 0 aliphatic carbocycles. The number of methoxy groups -OCH3 is 1. The van der Waals surface area contributed by atoms with Crippen LogP contribution in [0.2, 0.25) is 0 Å². The van der Waals surface area contributed by atoms with E-state index >= 15 is 0 Å². The van der Waals surface area contributed by atoms with Crippen LogP contribution in [0.4, 0.5) is 4.79 Å². The monoisotopic (exact) mass is 304 g/mol. The Morgan fingerprint density at radius 3 is 2.29 bits per heavy atom. The molecular formula is C12H20N2O7. The third-order valence-corrected chi connectivity index (χ3v) is 2.70. The molecule has 120 valence electrons. The standard InChI is InChI=1S/C12H20N2O7/c1-3-14(7-10(17)21-2)12(20)13-8(11(18)19)5-4-6-9(15)16/h8H,3-7H2,1-2H3,(H,13,20)(H,15,16)(H,18,19)/t8-/m1/s1. The largest absolute Gasteiger partial charge is 0.481 e. The molecule has 3 N–H and O–H groups in total. The summed E-state index contributed by atoms with van der Waals surface area (Å²) in [6, 6.07) is -1.92. The highest BCUT2D eigenvalue weighted by Gasteiger charge is 2.23. The van der Waals surface area contributed by atoms with E-state index in [0.717, 1.165) is 4.90 Å². The molecule has 0 bridgehead atoms. The zero-order chi connectivity index (χ0) is 16.4. The Kier molecular flexibility index (Phi) is 8.51. The molecule has 0 saturated heterocycles. The smallest absolute Gasteiger partial charge is 0.326 e. The summed E-state index contributed by atoms with van der Waals surface area (Å²) in [7, 11) is 1.18. The second kappa shape index (κ2) is 9.56. The Balaban J connectivity index is 4.53. The molecule has 1 atom stereocenters. The lowest BCUT2D eigenvalue weighted by molar-refractivity contribution is -0.141. The van der Waals surface area contributed by atoms with Crippen molar-refractivity contribution in [2.75, 3.05) is 20.2 Å². The second-order valence-corrected chi connectivity index (χ2v) is 4.22. The van der Waals surface area contributed by atoms with Crippen molar-refractivity contribution in [1.29, 1.82) is 0 Å². The van der Waals surface area contributed by atoms with Gasteiger partial charge in [-0.15, -0.1) is 0 Å². The van der Waals surface area contributed by atoms with E-state index in [-0.39, 0.29) is 32.4 Å². The van der Waals surface area contributed by atoms with Crippen molar-refractivity contribution in [2.24, 2.45) is 0 Å². The van der Waals surface area contributed by atoms with Crippen molar-refractivity contribution in [3.05, 3.63) is 0 Å². The summed E-state index contributed by atoms with van der Waals surface area (Å²) >= 11 is 0. The van der Waals surface area contributed by atoms with Gasteiger partial charge in [0, 0.05) is 13.0 Å². The minimum atomic E-state index is -1.26. The maximum atomic E-state index is 11.9.